The van der Waals surface area contributed by atoms with E-state index in [1.165, 1.54) is 0 Å². The summed E-state index contributed by atoms with van der Waals surface area (Å²) in [4.78, 5) is 11.9. The van der Waals surface area contributed by atoms with Gasteiger partial charge in [0.05, 0.1) is 6.26 Å². The summed E-state index contributed by atoms with van der Waals surface area (Å²) in [6, 6.07) is 9.18. The molecule has 0 bridgehead atoms. The molecule has 1 amide bonds. The van der Waals surface area contributed by atoms with E-state index in [9.17, 15) is 4.79 Å². The molecule has 0 saturated heterocycles. The second-order valence-corrected chi connectivity index (χ2v) is 5.57. The summed E-state index contributed by atoms with van der Waals surface area (Å²) in [5.74, 6) is 0.772. The van der Waals surface area contributed by atoms with Gasteiger partial charge in [-0.15, -0.1) is 0 Å². The molecule has 0 radical (unpaired) electrons. The third-order valence-electron chi connectivity index (χ3n) is 2.36. The molecule has 0 saturated carbocycles. The van der Waals surface area contributed by atoms with Crippen molar-refractivity contribution in [3.63, 3.8) is 0 Å². The van der Waals surface area contributed by atoms with E-state index < -0.39 is 0 Å². The van der Waals surface area contributed by atoms with Gasteiger partial charge >= 0.3 is 0 Å². The monoisotopic (exact) mass is 371 g/mol. The molecule has 0 aliphatic carbocycles. The molecule has 2 rings (SSSR count). The maximum Gasteiger partial charge on any atom is 0.251 e. The van der Waals surface area contributed by atoms with Crippen LogP contribution in [0, 0.1) is 0 Å². The third-order valence-corrected chi connectivity index (χ3v) is 3.28. The van der Waals surface area contributed by atoms with Gasteiger partial charge in [-0.1, -0.05) is 31.9 Å². The fourth-order valence-electron chi connectivity index (χ4n) is 1.54. The summed E-state index contributed by atoms with van der Waals surface area (Å²) < 4.78 is 6.93. The Morgan fingerprint density at radius 2 is 1.94 bits per heavy atom. The first-order chi connectivity index (χ1) is 8.65. The van der Waals surface area contributed by atoms with Crippen molar-refractivity contribution in [3.05, 3.63) is 56.9 Å². The minimum Gasteiger partial charge on any atom is -0.469 e. The van der Waals surface area contributed by atoms with E-state index in [2.05, 4.69) is 37.2 Å². The molecule has 1 heterocycles. The average Bonchev–Trinajstić information content (AvgIpc) is 2.80. The number of hydrogen-bond acceptors (Lipinski definition) is 2. The smallest absolute Gasteiger partial charge is 0.251 e. The normalized spacial score (nSPS) is 10.3. The highest BCUT2D eigenvalue weighted by atomic mass is 79.9. The molecular weight excluding hydrogens is 362 g/mol. The van der Waals surface area contributed by atoms with Gasteiger partial charge in [0.2, 0.25) is 0 Å². The second kappa shape index (κ2) is 6.20. The van der Waals surface area contributed by atoms with Crippen LogP contribution in [0.15, 0.2) is 50.0 Å². The van der Waals surface area contributed by atoms with Gasteiger partial charge in [0.25, 0.3) is 5.91 Å². The highest BCUT2D eigenvalue weighted by molar-refractivity contribution is 9.11. The predicted molar refractivity (Wildman–Crippen MR) is 76.6 cm³/mol. The zero-order valence-electron chi connectivity index (χ0n) is 9.45. The standard InChI is InChI=1S/C13H11Br2NO2/c14-10-6-9(7-11(15)8-10)13(17)16-4-3-12-2-1-5-18-12/h1-2,5-8H,3-4H2,(H,16,17). The number of rotatable bonds is 4. The number of benzene rings is 1. The molecule has 0 unspecified atom stereocenters. The Morgan fingerprint density at radius 3 is 2.56 bits per heavy atom. The Kier molecular flexibility index (Phi) is 4.60. The summed E-state index contributed by atoms with van der Waals surface area (Å²) in [5, 5.41) is 2.85. The lowest BCUT2D eigenvalue weighted by Crippen LogP contribution is -2.25. The molecule has 1 N–H and O–H groups in total. The van der Waals surface area contributed by atoms with Crippen LogP contribution in [0.1, 0.15) is 16.1 Å². The lowest BCUT2D eigenvalue weighted by atomic mass is 10.2. The van der Waals surface area contributed by atoms with Crippen LogP contribution >= 0.6 is 31.9 Å². The van der Waals surface area contributed by atoms with Gasteiger partial charge in [-0.3, -0.25) is 4.79 Å². The summed E-state index contributed by atoms with van der Waals surface area (Å²) in [6.07, 6.45) is 2.32. The molecule has 0 spiro atoms. The van der Waals surface area contributed by atoms with E-state index in [0.29, 0.717) is 18.5 Å². The van der Waals surface area contributed by atoms with Gasteiger partial charge in [0.15, 0.2) is 0 Å². The quantitative estimate of drug-likeness (QED) is 0.887. The summed E-state index contributed by atoms with van der Waals surface area (Å²) in [7, 11) is 0. The third kappa shape index (κ3) is 3.71. The van der Waals surface area contributed by atoms with Crippen molar-refractivity contribution >= 4 is 37.8 Å². The average molecular weight is 373 g/mol. The molecule has 3 nitrogen and oxygen atoms in total. The van der Waals surface area contributed by atoms with E-state index in [-0.39, 0.29) is 5.91 Å². The topological polar surface area (TPSA) is 42.2 Å². The number of carbonyl (C=O) groups excluding carboxylic acids is 1. The van der Waals surface area contributed by atoms with Crippen LogP contribution in [-0.4, -0.2) is 12.5 Å². The van der Waals surface area contributed by atoms with Crippen LogP contribution in [0.5, 0.6) is 0 Å². The summed E-state index contributed by atoms with van der Waals surface area (Å²) in [6.45, 7) is 0.552. The fourth-order valence-corrected chi connectivity index (χ4v) is 2.83. The molecule has 0 fully saturated rings. The van der Waals surface area contributed by atoms with E-state index in [1.54, 1.807) is 18.4 Å². The van der Waals surface area contributed by atoms with Crippen molar-refractivity contribution in [2.45, 2.75) is 6.42 Å². The van der Waals surface area contributed by atoms with E-state index in [4.69, 9.17) is 4.42 Å². The number of nitrogens with one attached hydrogen (secondary N) is 1. The van der Waals surface area contributed by atoms with Gasteiger partial charge in [0.1, 0.15) is 5.76 Å². The van der Waals surface area contributed by atoms with Crippen molar-refractivity contribution in [1.29, 1.82) is 0 Å². The van der Waals surface area contributed by atoms with E-state index in [0.717, 1.165) is 14.7 Å². The first-order valence-electron chi connectivity index (χ1n) is 5.42. The van der Waals surface area contributed by atoms with Gasteiger partial charge in [0, 0.05) is 27.5 Å². The minimum atomic E-state index is -0.0939. The second-order valence-electron chi connectivity index (χ2n) is 3.74. The van der Waals surface area contributed by atoms with Gasteiger partial charge < -0.3 is 9.73 Å². The Labute approximate surface area is 122 Å². The number of halogens is 2. The predicted octanol–water partition coefficient (Wildman–Crippen LogP) is 3.78. The Bertz CT molecular complexity index is 518. The van der Waals surface area contributed by atoms with Crippen molar-refractivity contribution in [2.24, 2.45) is 0 Å². The van der Waals surface area contributed by atoms with Crippen LogP contribution in [0.2, 0.25) is 0 Å². The lowest BCUT2D eigenvalue weighted by molar-refractivity contribution is 0.0953. The Balaban J connectivity index is 1.91. The molecule has 2 aromatic rings. The lowest BCUT2D eigenvalue weighted by Gasteiger charge is -2.05. The Morgan fingerprint density at radius 1 is 1.22 bits per heavy atom. The SMILES string of the molecule is O=C(NCCc1ccco1)c1cc(Br)cc(Br)c1. The summed E-state index contributed by atoms with van der Waals surface area (Å²) in [5.41, 5.74) is 0.621. The molecule has 0 aliphatic heterocycles. The van der Waals surface area contributed by atoms with Crippen molar-refractivity contribution in [2.75, 3.05) is 6.54 Å². The van der Waals surface area contributed by atoms with E-state index >= 15 is 0 Å². The first kappa shape index (κ1) is 13.4. The number of furan rings is 1. The number of hydrogen-bond donors (Lipinski definition) is 1. The fraction of sp³-hybridized carbons (Fsp3) is 0.154. The molecule has 1 aromatic heterocycles. The highest BCUT2D eigenvalue weighted by Crippen LogP contribution is 2.19. The van der Waals surface area contributed by atoms with Crippen LogP contribution < -0.4 is 5.32 Å². The van der Waals surface area contributed by atoms with E-state index in [1.807, 2.05) is 18.2 Å². The van der Waals surface area contributed by atoms with Crippen molar-refractivity contribution < 1.29 is 9.21 Å². The van der Waals surface area contributed by atoms with Gasteiger partial charge in [-0.2, -0.15) is 0 Å². The van der Waals surface area contributed by atoms with Crippen LogP contribution in [0.3, 0.4) is 0 Å². The molecule has 1 aromatic carbocycles. The van der Waals surface area contributed by atoms with Gasteiger partial charge in [-0.05, 0) is 30.3 Å². The number of carbonyl (C=O) groups is 1. The van der Waals surface area contributed by atoms with Crippen LogP contribution in [-0.2, 0) is 6.42 Å². The van der Waals surface area contributed by atoms with Crippen LogP contribution in [0.4, 0.5) is 0 Å². The zero-order valence-corrected chi connectivity index (χ0v) is 12.6. The largest absolute Gasteiger partial charge is 0.469 e. The Hall–Kier alpha value is -1.07. The highest BCUT2D eigenvalue weighted by Gasteiger charge is 2.07. The first-order valence-corrected chi connectivity index (χ1v) is 7.00. The molecule has 5 heteroatoms. The van der Waals surface area contributed by atoms with Crippen LogP contribution in [0.25, 0.3) is 0 Å². The molecule has 94 valence electrons. The molecule has 0 atom stereocenters. The zero-order chi connectivity index (χ0) is 13.0. The number of amides is 1. The van der Waals surface area contributed by atoms with Crippen molar-refractivity contribution in [1.82, 2.24) is 5.32 Å². The molecule has 0 aliphatic rings. The maximum atomic E-state index is 11.9. The summed E-state index contributed by atoms with van der Waals surface area (Å²) >= 11 is 6.71. The molecule has 18 heavy (non-hydrogen) atoms. The van der Waals surface area contributed by atoms with Crippen molar-refractivity contribution in [3.8, 4) is 0 Å². The molecular formula is C13H11Br2NO2. The minimum absolute atomic E-state index is 0.0939. The maximum absolute atomic E-state index is 11.9. The van der Waals surface area contributed by atoms with Gasteiger partial charge in [-0.25, -0.2) is 0 Å².